The molecule has 5 nitrogen and oxygen atoms in total. The van der Waals surface area contributed by atoms with Crippen molar-refractivity contribution in [3.05, 3.63) is 0 Å². The summed E-state index contributed by atoms with van der Waals surface area (Å²) in [5.41, 5.74) is -0.438. The van der Waals surface area contributed by atoms with E-state index in [4.69, 9.17) is 9.84 Å². The number of aliphatic carboxylic acids is 1. The van der Waals surface area contributed by atoms with E-state index in [0.717, 1.165) is 0 Å². The summed E-state index contributed by atoms with van der Waals surface area (Å²) in [5.74, 6) is -2.08. The van der Waals surface area contributed by atoms with E-state index < -0.39 is 23.2 Å². The third kappa shape index (κ3) is 2.35. The summed E-state index contributed by atoms with van der Waals surface area (Å²) < 4.78 is 5.00. The number of hydrogen-bond acceptors (Lipinski definition) is 3. The average molecular weight is 229 g/mol. The Labute approximate surface area is 95.2 Å². The van der Waals surface area contributed by atoms with E-state index >= 15 is 0 Å². The van der Waals surface area contributed by atoms with Gasteiger partial charge in [0.05, 0.1) is 17.9 Å². The fraction of sp³-hybridized carbons (Fsp3) is 0.818. The molecule has 1 fully saturated rings. The average Bonchev–Trinajstić information content (AvgIpc) is 2.77. The van der Waals surface area contributed by atoms with Crippen LogP contribution in [-0.2, 0) is 14.3 Å². The lowest BCUT2D eigenvalue weighted by Gasteiger charge is -2.11. The lowest BCUT2D eigenvalue weighted by atomic mass is 10.1. The summed E-state index contributed by atoms with van der Waals surface area (Å²) in [6.07, 6.45) is -0.0610. The minimum Gasteiger partial charge on any atom is -0.481 e. The number of methoxy groups -OCH3 is 1. The van der Waals surface area contributed by atoms with Crippen LogP contribution in [0.5, 0.6) is 0 Å². The summed E-state index contributed by atoms with van der Waals surface area (Å²) in [6.45, 7) is 5.85. The molecule has 1 amide bonds. The zero-order valence-corrected chi connectivity index (χ0v) is 10.1. The predicted octanol–water partition coefficient (Wildman–Crippen LogP) is 0.494. The first-order valence-corrected chi connectivity index (χ1v) is 5.35. The summed E-state index contributed by atoms with van der Waals surface area (Å²) in [6, 6.07) is 0. The van der Waals surface area contributed by atoms with Crippen molar-refractivity contribution in [2.45, 2.75) is 26.9 Å². The largest absolute Gasteiger partial charge is 0.481 e. The number of hydrogen-bond donors (Lipinski definition) is 2. The van der Waals surface area contributed by atoms with Crippen molar-refractivity contribution in [3.8, 4) is 0 Å². The number of ether oxygens (including phenoxy) is 1. The fourth-order valence-electron chi connectivity index (χ4n) is 2.03. The molecule has 0 saturated heterocycles. The number of carboxylic acids is 1. The first kappa shape index (κ1) is 13.0. The molecule has 1 aliphatic rings. The third-order valence-electron chi connectivity index (χ3n) is 3.34. The van der Waals surface area contributed by atoms with E-state index in [-0.39, 0.29) is 12.0 Å². The van der Waals surface area contributed by atoms with Gasteiger partial charge in [0.15, 0.2) is 0 Å². The molecule has 2 N–H and O–H groups in total. The maximum Gasteiger partial charge on any atom is 0.307 e. The van der Waals surface area contributed by atoms with Crippen molar-refractivity contribution in [1.82, 2.24) is 5.32 Å². The zero-order valence-electron chi connectivity index (χ0n) is 10.1. The lowest BCUT2D eigenvalue weighted by molar-refractivity contribution is -0.140. The summed E-state index contributed by atoms with van der Waals surface area (Å²) >= 11 is 0. The highest BCUT2D eigenvalue weighted by atomic mass is 16.5. The van der Waals surface area contributed by atoms with Crippen LogP contribution in [0.4, 0.5) is 0 Å². The van der Waals surface area contributed by atoms with Crippen molar-refractivity contribution in [2.24, 2.45) is 17.3 Å². The van der Waals surface area contributed by atoms with E-state index in [1.807, 2.05) is 6.92 Å². The van der Waals surface area contributed by atoms with Crippen LogP contribution in [0.15, 0.2) is 0 Å². The SMILES string of the molecule is COC(C)CNC(=O)[C@@H]1[C@H](C(=O)O)C1(C)C. The molecule has 1 aliphatic carbocycles. The molecule has 0 aromatic carbocycles. The highest BCUT2D eigenvalue weighted by Gasteiger charge is 2.65. The van der Waals surface area contributed by atoms with Crippen molar-refractivity contribution < 1.29 is 19.4 Å². The van der Waals surface area contributed by atoms with Gasteiger partial charge in [0.25, 0.3) is 0 Å². The van der Waals surface area contributed by atoms with E-state index in [0.29, 0.717) is 6.54 Å². The number of rotatable bonds is 5. The molecular formula is C11H19NO4. The normalized spacial score (nSPS) is 28.2. The van der Waals surface area contributed by atoms with Gasteiger partial charge in [0.2, 0.25) is 5.91 Å². The van der Waals surface area contributed by atoms with Crippen molar-refractivity contribution >= 4 is 11.9 Å². The predicted molar refractivity (Wildman–Crippen MR) is 57.9 cm³/mol. The van der Waals surface area contributed by atoms with Crippen molar-refractivity contribution in [3.63, 3.8) is 0 Å². The Morgan fingerprint density at radius 1 is 1.44 bits per heavy atom. The third-order valence-corrected chi connectivity index (χ3v) is 3.34. The highest BCUT2D eigenvalue weighted by Crippen LogP contribution is 2.58. The van der Waals surface area contributed by atoms with Gasteiger partial charge in [-0.05, 0) is 12.3 Å². The van der Waals surface area contributed by atoms with Crippen molar-refractivity contribution in [2.75, 3.05) is 13.7 Å². The molecule has 1 saturated carbocycles. The Morgan fingerprint density at radius 3 is 2.38 bits per heavy atom. The van der Waals surface area contributed by atoms with Gasteiger partial charge in [-0.25, -0.2) is 0 Å². The van der Waals surface area contributed by atoms with Gasteiger partial charge in [-0.15, -0.1) is 0 Å². The number of carbonyl (C=O) groups excluding carboxylic acids is 1. The highest BCUT2D eigenvalue weighted by molar-refractivity contribution is 5.91. The molecule has 0 aliphatic heterocycles. The van der Waals surface area contributed by atoms with Gasteiger partial charge in [0.1, 0.15) is 0 Å². The topological polar surface area (TPSA) is 75.6 Å². The first-order valence-electron chi connectivity index (χ1n) is 5.35. The second-order valence-corrected chi connectivity index (χ2v) is 4.91. The van der Waals surface area contributed by atoms with Crippen LogP contribution in [0.2, 0.25) is 0 Å². The van der Waals surface area contributed by atoms with Crippen LogP contribution in [0, 0.1) is 17.3 Å². The molecule has 3 atom stereocenters. The van der Waals surface area contributed by atoms with Gasteiger partial charge in [-0.2, -0.15) is 0 Å². The van der Waals surface area contributed by atoms with E-state index in [2.05, 4.69) is 5.32 Å². The van der Waals surface area contributed by atoms with E-state index in [1.165, 1.54) is 0 Å². The van der Waals surface area contributed by atoms with Gasteiger partial charge in [-0.3, -0.25) is 9.59 Å². The Hall–Kier alpha value is -1.10. The van der Waals surface area contributed by atoms with Crippen LogP contribution >= 0.6 is 0 Å². The minimum atomic E-state index is -0.898. The zero-order chi connectivity index (χ0) is 12.5. The van der Waals surface area contributed by atoms with Gasteiger partial charge >= 0.3 is 5.97 Å². The number of carbonyl (C=O) groups is 2. The fourth-order valence-corrected chi connectivity index (χ4v) is 2.03. The number of nitrogens with one attached hydrogen (secondary N) is 1. The molecule has 0 spiro atoms. The van der Waals surface area contributed by atoms with Gasteiger partial charge in [-0.1, -0.05) is 13.8 Å². The maximum absolute atomic E-state index is 11.7. The molecule has 5 heteroatoms. The lowest BCUT2D eigenvalue weighted by Crippen LogP contribution is -2.33. The first-order chi connectivity index (χ1) is 7.32. The molecule has 0 radical (unpaired) electrons. The number of amides is 1. The molecule has 1 unspecified atom stereocenters. The second kappa shape index (κ2) is 4.41. The standard InChI is InChI=1S/C11H19NO4/c1-6(16-4)5-12-9(13)7-8(10(14)15)11(7,2)3/h6-8H,5H2,1-4H3,(H,12,13)(H,14,15)/t6?,7-,8+/m0/s1. The summed E-state index contributed by atoms with van der Waals surface area (Å²) in [5, 5.41) is 11.6. The Kier molecular flexibility index (Phi) is 3.57. The molecule has 0 aromatic heterocycles. The van der Waals surface area contributed by atoms with Crippen LogP contribution < -0.4 is 5.32 Å². The molecule has 0 heterocycles. The second-order valence-electron chi connectivity index (χ2n) is 4.91. The Morgan fingerprint density at radius 2 is 2.00 bits per heavy atom. The maximum atomic E-state index is 11.7. The molecule has 0 aromatic rings. The van der Waals surface area contributed by atoms with Crippen LogP contribution in [0.25, 0.3) is 0 Å². The van der Waals surface area contributed by atoms with Gasteiger partial charge < -0.3 is 15.2 Å². The quantitative estimate of drug-likeness (QED) is 0.719. The molecule has 16 heavy (non-hydrogen) atoms. The Bertz CT molecular complexity index is 300. The van der Waals surface area contributed by atoms with E-state index in [9.17, 15) is 9.59 Å². The Balaban J connectivity index is 2.48. The van der Waals surface area contributed by atoms with E-state index in [1.54, 1.807) is 21.0 Å². The smallest absolute Gasteiger partial charge is 0.307 e. The summed E-state index contributed by atoms with van der Waals surface area (Å²) in [4.78, 5) is 22.6. The molecule has 1 rings (SSSR count). The molecule has 0 bridgehead atoms. The summed E-state index contributed by atoms with van der Waals surface area (Å²) in [7, 11) is 1.57. The van der Waals surface area contributed by atoms with Crippen molar-refractivity contribution in [1.29, 1.82) is 0 Å². The van der Waals surface area contributed by atoms with Crippen LogP contribution in [-0.4, -0.2) is 36.7 Å². The van der Waals surface area contributed by atoms with Crippen LogP contribution in [0.3, 0.4) is 0 Å². The molecule has 92 valence electrons. The van der Waals surface area contributed by atoms with Gasteiger partial charge in [0, 0.05) is 13.7 Å². The minimum absolute atomic E-state index is 0.0610. The monoisotopic (exact) mass is 229 g/mol. The number of carboxylic acid groups (broad SMARTS) is 1. The van der Waals surface area contributed by atoms with Crippen LogP contribution in [0.1, 0.15) is 20.8 Å². The molecular weight excluding hydrogens is 210 g/mol.